The minimum absolute atomic E-state index is 0.0697. The molecule has 0 aliphatic carbocycles. The highest BCUT2D eigenvalue weighted by Crippen LogP contribution is 2.23. The van der Waals surface area contributed by atoms with Crippen molar-refractivity contribution in [2.45, 2.75) is 30.8 Å². The van der Waals surface area contributed by atoms with Crippen molar-refractivity contribution in [2.24, 2.45) is 7.05 Å². The number of carbonyl (C=O) groups is 1. The number of nitrogens with zero attached hydrogens (tertiary/aromatic N) is 4. The third kappa shape index (κ3) is 3.57. The molecular weight excluding hydrogens is 372 g/mol. The first-order valence-electron chi connectivity index (χ1n) is 9.00. The van der Waals surface area contributed by atoms with E-state index in [0.717, 1.165) is 16.3 Å². The Labute approximate surface area is 167 Å². The van der Waals surface area contributed by atoms with Crippen molar-refractivity contribution in [2.75, 3.05) is 0 Å². The van der Waals surface area contributed by atoms with E-state index in [9.17, 15) is 9.59 Å². The van der Waals surface area contributed by atoms with E-state index in [0.29, 0.717) is 35.7 Å². The number of rotatable bonds is 4. The number of fused-ring (bicyclic) bond motifs is 1. The van der Waals surface area contributed by atoms with Crippen molar-refractivity contribution in [1.29, 1.82) is 0 Å². The van der Waals surface area contributed by atoms with Gasteiger partial charge in [-0.2, -0.15) is 0 Å². The Hall–Kier alpha value is -2.93. The van der Waals surface area contributed by atoms with Crippen LogP contribution >= 0.6 is 11.8 Å². The van der Waals surface area contributed by atoms with E-state index in [4.69, 9.17) is 0 Å². The molecule has 0 fully saturated rings. The van der Waals surface area contributed by atoms with Crippen LogP contribution in [0.3, 0.4) is 0 Å². The van der Waals surface area contributed by atoms with Gasteiger partial charge in [0.2, 0.25) is 0 Å². The largest absolute Gasteiger partial charge is 0.328 e. The van der Waals surface area contributed by atoms with Crippen LogP contribution in [-0.4, -0.2) is 25.3 Å². The lowest BCUT2D eigenvalue weighted by Crippen LogP contribution is -2.27. The van der Waals surface area contributed by atoms with Gasteiger partial charge >= 0.3 is 0 Å². The Morgan fingerprint density at radius 1 is 1.14 bits per heavy atom. The second-order valence-corrected chi connectivity index (χ2v) is 7.76. The topological polar surface area (TPSA) is 68.1 Å². The van der Waals surface area contributed by atoms with Gasteiger partial charge < -0.3 is 4.90 Å². The smallest absolute Gasteiger partial charge is 0.258 e. The highest BCUT2D eigenvalue weighted by Gasteiger charge is 2.28. The molecule has 0 N–H and O–H groups in total. The first-order chi connectivity index (χ1) is 13.5. The molecule has 0 spiro atoms. The van der Waals surface area contributed by atoms with E-state index >= 15 is 0 Å². The fraction of sp³-hybridized carbons (Fsp3) is 0.238. The monoisotopic (exact) mass is 392 g/mol. The Balaban J connectivity index is 1.44. The molecule has 3 heterocycles. The van der Waals surface area contributed by atoms with Crippen LogP contribution in [0.15, 0.2) is 58.5 Å². The molecule has 1 aliphatic heterocycles. The van der Waals surface area contributed by atoms with Crippen LogP contribution in [0, 0.1) is 6.92 Å². The van der Waals surface area contributed by atoms with Crippen LogP contribution in [0.25, 0.3) is 0 Å². The number of carbonyl (C=O) groups excluding carboxylic acids is 1. The molecule has 6 nitrogen and oxygen atoms in total. The zero-order chi connectivity index (χ0) is 19.7. The van der Waals surface area contributed by atoms with E-state index in [2.05, 4.69) is 9.97 Å². The molecule has 7 heteroatoms. The maximum Gasteiger partial charge on any atom is 0.258 e. The van der Waals surface area contributed by atoms with Gasteiger partial charge in [-0.1, -0.05) is 18.2 Å². The van der Waals surface area contributed by atoms with E-state index in [-0.39, 0.29) is 11.5 Å². The van der Waals surface area contributed by atoms with Crippen LogP contribution in [0.5, 0.6) is 0 Å². The molecule has 3 aromatic rings. The molecule has 2 aromatic heterocycles. The van der Waals surface area contributed by atoms with Gasteiger partial charge in [0.05, 0.1) is 29.4 Å². The summed E-state index contributed by atoms with van der Waals surface area (Å²) in [4.78, 5) is 35.7. The average Bonchev–Trinajstić information content (AvgIpc) is 3.15. The molecule has 0 bridgehead atoms. The summed E-state index contributed by atoms with van der Waals surface area (Å²) in [6.07, 6.45) is 1.78. The molecule has 1 aromatic carbocycles. The van der Waals surface area contributed by atoms with Crippen LogP contribution in [0.2, 0.25) is 0 Å². The average molecular weight is 392 g/mol. The Morgan fingerprint density at radius 2 is 1.93 bits per heavy atom. The SMILES string of the molecule is Cc1nc2c(c(=O)n1C)CN(C(=O)c1ccc(CSc3ccccn3)cc1)C2. The third-order valence-electron chi connectivity index (χ3n) is 4.90. The zero-order valence-corrected chi connectivity index (χ0v) is 16.6. The lowest BCUT2D eigenvalue weighted by Gasteiger charge is -2.15. The van der Waals surface area contributed by atoms with Crippen molar-refractivity contribution in [1.82, 2.24) is 19.4 Å². The van der Waals surface area contributed by atoms with Crippen LogP contribution in [0.1, 0.15) is 33.0 Å². The summed E-state index contributed by atoms with van der Waals surface area (Å²) < 4.78 is 1.53. The molecule has 28 heavy (non-hydrogen) atoms. The predicted molar refractivity (Wildman–Crippen MR) is 108 cm³/mol. The normalized spacial score (nSPS) is 12.9. The molecule has 0 atom stereocenters. The number of amides is 1. The predicted octanol–water partition coefficient (Wildman–Crippen LogP) is 2.93. The van der Waals surface area contributed by atoms with Crippen molar-refractivity contribution >= 4 is 17.7 Å². The number of aromatic nitrogens is 3. The van der Waals surface area contributed by atoms with Gasteiger partial charge in [-0.3, -0.25) is 14.2 Å². The number of aryl methyl sites for hydroxylation is 1. The van der Waals surface area contributed by atoms with Gasteiger partial charge in [-0.15, -0.1) is 11.8 Å². The summed E-state index contributed by atoms with van der Waals surface area (Å²) in [7, 11) is 1.71. The molecule has 0 unspecified atom stereocenters. The molecule has 1 aliphatic rings. The Bertz CT molecular complexity index is 1080. The summed E-state index contributed by atoms with van der Waals surface area (Å²) in [6, 6.07) is 13.5. The zero-order valence-electron chi connectivity index (χ0n) is 15.8. The summed E-state index contributed by atoms with van der Waals surface area (Å²) in [5.74, 6) is 1.37. The second kappa shape index (κ2) is 7.59. The molecular formula is C21H20N4O2S. The van der Waals surface area contributed by atoms with Crippen molar-refractivity contribution in [3.8, 4) is 0 Å². The van der Waals surface area contributed by atoms with Crippen LogP contribution in [0.4, 0.5) is 0 Å². The van der Waals surface area contributed by atoms with Crippen molar-refractivity contribution < 1.29 is 4.79 Å². The van der Waals surface area contributed by atoms with Crippen LogP contribution < -0.4 is 5.56 Å². The maximum atomic E-state index is 12.9. The van der Waals surface area contributed by atoms with Gasteiger partial charge in [0.1, 0.15) is 5.82 Å². The van der Waals surface area contributed by atoms with E-state index in [1.807, 2.05) is 42.5 Å². The number of benzene rings is 1. The van der Waals surface area contributed by atoms with Gasteiger partial charge in [-0.25, -0.2) is 9.97 Å². The first kappa shape index (κ1) is 18.4. The highest BCUT2D eigenvalue weighted by atomic mass is 32.2. The van der Waals surface area contributed by atoms with E-state index in [1.54, 1.807) is 36.8 Å². The highest BCUT2D eigenvalue weighted by molar-refractivity contribution is 7.98. The van der Waals surface area contributed by atoms with Crippen molar-refractivity contribution in [3.63, 3.8) is 0 Å². The number of thioether (sulfide) groups is 1. The fourth-order valence-electron chi connectivity index (χ4n) is 3.19. The number of hydrogen-bond donors (Lipinski definition) is 0. The second-order valence-electron chi connectivity index (χ2n) is 6.76. The van der Waals surface area contributed by atoms with E-state index < -0.39 is 0 Å². The molecule has 142 valence electrons. The Kier molecular flexibility index (Phi) is 5.00. The van der Waals surface area contributed by atoms with Gasteiger partial charge in [0.15, 0.2) is 0 Å². The summed E-state index contributed by atoms with van der Waals surface area (Å²) in [6.45, 7) is 2.49. The van der Waals surface area contributed by atoms with E-state index in [1.165, 1.54) is 4.57 Å². The number of pyridine rings is 1. The first-order valence-corrected chi connectivity index (χ1v) is 9.99. The Morgan fingerprint density at radius 3 is 2.64 bits per heavy atom. The summed E-state index contributed by atoms with van der Waals surface area (Å²) in [5, 5.41) is 0.974. The molecule has 4 rings (SSSR count). The third-order valence-corrected chi connectivity index (χ3v) is 5.91. The summed E-state index contributed by atoms with van der Waals surface area (Å²) in [5.41, 5.74) is 3.00. The quantitative estimate of drug-likeness (QED) is 0.639. The van der Waals surface area contributed by atoms with Crippen molar-refractivity contribution in [3.05, 3.63) is 87.2 Å². The van der Waals surface area contributed by atoms with Gasteiger partial charge in [0, 0.05) is 24.6 Å². The molecule has 1 amide bonds. The van der Waals surface area contributed by atoms with Gasteiger partial charge in [-0.05, 0) is 36.8 Å². The number of hydrogen-bond acceptors (Lipinski definition) is 5. The van der Waals surface area contributed by atoms with Crippen LogP contribution in [-0.2, 0) is 25.9 Å². The molecule has 0 saturated carbocycles. The molecule has 0 radical (unpaired) electrons. The summed E-state index contributed by atoms with van der Waals surface area (Å²) >= 11 is 1.66. The van der Waals surface area contributed by atoms with Gasteiger partial charge in [0.25, 0.3) is 11.5 Å². The minimum Gasteiger partial charge on any atom is -0.328 e. The standard InChI is InChI=1S/C21H20N4O2S/c1-14-23-18-12-25(11-17(18)21(27)24(14)2)20(26)16-8-6-15(7-9-16)13-28-19-5-3-4-10-22-19/h3-10H,11-13H2,1-2H3. The fourth-order valence-corrected chi connectivity index (χ4v) is 4.00. The maximum absolute atomic E-state index is 12.9. The lowest BCUT2D eigenvalue weighted by molar-refractivity contribution is 0.0750. The minimum atomic E-state index is -0.0818. The lowest BCUT2D eigenvalue weighted by atomic mass is 10.1. The molecule has 0 saturated heterocycles.